The van der Waals surface area contributed by atoms with Gasteiger partial charge in [-0.1, -0.05) is 0 Å². The van der Waals surface area contributed by atoms with Crippen LogP contribution in [0.15, 0.2) is 0 Å². The molecule has 0 spiro atoms. The van der Waals surface area contributed by atoms with Crippen LogP contribution in [0.2, 0.25) is 0 Å². The van der Waals surface area contributed by atoms with Crippen molar-refractivity contribution in [2.24, 2.45) is 0 Å². The number of rotatable bonds is 7. The minimum Gasteiger partial charge on any atom is -0.444 e. The molecule has 0 aliphatic carbocycles. The van der Waals surface area contributed by atoms with E-state index in [1.54, 1.807) is 20.8 Å². The summed E-state index contributed by atoms with van der Waals surface area (Å²) in [7, 11) is 0. The molecule has 0 radical (unpaired) electrons. The molecule has 0 atom stereocenters. The number of alkyl halides is 3. The molecule has 0 fully saturated rings. The monoisotopic (exact) mass is 406 g/mol. The number of carbonyl (C=O) groups is 1. The van der Waals surface area contributed by atoms with Crippen molar-refractivity contribution in [3.8, 4) is 0 Å². The van der Waals surface area contributed by atoms with Gasteiger partial charge in [-0.15, -0.1) is 0 Å². The zero-order valence-electron chi connectivity index (χ0n) is 16.5. The maximum absolute atomic E-state index is 13.1. The highest BCUT2D eigenvalue weighted by Gasteiger charge is 2.43. The number of alkyl carbamates (subject to hydrolysis) is 1. The molecule has 0 bridgehead atoms. The SMILES string of the molecule is Cc1nc(C(F)(F)F)c([N+](=O)[O-])c(NCCCCNC(=O)OC(C)(C)C)c1C. The number of amides is 1. The average Bonchev–Trinajstić information content (AvgIpc) is 2.50. The van der Waals surface area contributed by atoms with E-state index in [2.05, 4.69) is 15.6 Å². The number of pyridine rings is 1. The predicted octanol–water partition coefficient (Wildman–Crippen LogP) is 4.34. The van der Waals surface area contributed by atoms with Crippen molar-refractivity contribution in [2.45, 2.75) is 59.2 Å². The summed E-state index contributed by atoms with van der Waals surface area (Å²) in [6, 6.07) is 0. The third-order valence-electron chi connectivity index (χ3n) is 3.68. The highest BCUT2D eigenvalue weighted by Crippen LogP contribution is 2.41. The summed E-state index contributed by atoms with van der Waals surface area (Å²) in [5, 5.41) is 16.5. The molecule has 8 nitrogen and oxygen atoms in total. The molecule has 0 saturated carbocycles. The largest absolute Gasteiger partial charge is 0.444 e. The number of nitro groups is 1. The normalized spacial score (nSPS) is 11.9. The fraction of sp³-hybridized carbons (Fsp3) is 0.647. The van der Waals surface area contributed by atoms with Crippen LogP contribution in [0.5, 0.6) is 0 Å². The van der Waals surface area contributed by atoms with Gasteiger partial charge in [0.2, 0.25) is 5.69 Å². The first-order valence-corrected chi connectivity index (χ1v) is 8.67. The van der Waals surface area contributed by atoms with E-state index in [0.717, 1.165) is 0 Å². The molecule has 0 aliphatic rings. The van der Waals surface area contributed by atoms with Crippen LogP contribution in [0.3, 0.4) is 0 Å². The lowest BCUT2D eigenvalue weighted by Gasteiger charge is -2.19. The molecule has 28 heavy (non-hydrogen) atoms. The van der Waals surface area contributed by atoms with Crippen LogP contribution in [0.4, 0.5) is 29.3 Å². The third kappa shape index (κ3) is 6.86. The molecular formula is C17H25F3N4O4. The van der Waals surface area contributed by atoms with Crippen LogP contribution in [0.25, 0.3) is 0 Å². The lowest BCUT2D eigenvalue weighted by molar-refractivity contribution is -0.387. The summed E-state index contributed by atoms with van der Waals surface area (Å²) in [6.07, 6.45) is -4.52. The number of nitrogens with one attached hydrogen (secondary N) is 2. The molecule has 0 unspecified atom stereocenters. The van der Waals surface area contributed by atoms with E-state index < -0.39 is 34.2 Å². The van der Waals surface area contributed by atoms with Gasteiger partial charge < -0.3 is 15.4 Å². The summed E-state index contributed by atoms with van der Waals surface area (Å²) >= 11 is 0. The fourth-order valence-electron chi connectivity index (χ4n) is 2.34. The highest BCUT2D eigenvalue weighted by atomic mass is 19.4. The smallest absolute Gasteiger partial charge is 0.440 e. The van der Waals surface area contributed by atoms with Crippen molar-refractivity contribution in [1.29, 1.82) is 0 Å². The van der Waals surface area contributed by atoms with Crippen molar-refractivity contribution in [2.75, 3.05) is 18.4 Å². The minimum absolute atomic E-state index is 0.0621. The van der Waals surface area contributed by atoms with Gasteiger partial charge in [0.05, 0.1) is 4.92 Å². The molecule has 11 heteroatoms. The van der Waals surface area contributed by atoms with Crippen LogP contribution in [0, 0.1) is 24.0 Å². The average molecular weight is 406 g/mol. The Kier molecular flexibility index (Phi) is 7.59. The summed E-state index contributed by atoms with van der Waals surface area (Å²) in [4.78, 5) is 25.0. The molecule has 0 saturated heterocycles. The van der Waals surface area contributed by atoms with Crippen LogP contribution < -0.4 is 10.6 Å². The van der Waals surface area contributed by atoms with Crippen LogP contribution in [0.1, 0.15) is 50.6 Å². The molecule has 0 aromatic carbocycles. The van der Waals surface area contributed by atoms with Gasteiger partial charge in [0.15, 0.2) is 0 Å². The first-order valence-electron chi connectivity index (χ1n) is 8.67. The summed E-state index contributed by atoms with van der Waals surface area (Å²) < 4.78 is 44.5. The minimum atomic E-state index is -4.94. The Labute approximate surface area is 161 Å². The molecule has 1 rings (SSSR count). The van der Waals surface area contributed by atoms with Crippen molar-refractivity contribution >= 4 is 17.5 Å². The van der Waals surface area contributed by atoms with Crippen molar-refractivity contribution in [3.05, 3.63) is 27.1 Å². The highest BCUT2D eigenvalue weighted by molar-refractivity contribution is 5.69. The lowest BCUT2D eigenvalue weighted by atomic mass is 10.1. The van der Waals surface area contributed by atoms with Gasteiger partial charge >= 0.3 is 18.0 Å². The van der Waals surface area contributed by atoms with E-state index in [1.807, 2.05) is 0 Å². The number of halogens is 3. The molecular weight excluding hydrogens is 381 g/mol. The number of anilines is 1. The molecule has 1 aromatic rings. The summed E-state index contributed by atoms with van der Waals surface area (Å²) in [6.45, 7) is 8.54. The molecule has 1 amide bonds. The number of hydrogen-bond acceptors (Lipinski definition) is 6. The van der Waals surface area contributed by atoms with Gasteiger partial charge in [-0.25, -0.2) is 9.78 Å². The number of ether oxygens (including phenoxy) is 1. The Morgan fingerprint density at radius 1 is 1.18 bits per heavy atom. The lowest BCUT2D eigenvalue weighted by Crippen LogP contribution is -2.33. The van der Waals surface area contributed by atoms with Gasteiger partial charge in [-0.3, -0.25) is 10.1 Å². The number of nitrogens with zero attached hydrogens (tertiary/aromatic N) is 2. The summed E-state index contributed by atoms with van der Waals surface area (Å²) in [5.41, 5.74) is -3.06. The molecule has 1 aromatic heterocycles. The number of carbonyl (C=O) groups excluding carboxylic acids is 1. The first-order chi connectivity index (χ1) is 12.7. The van der Waals surface area contributed by atoms with Crippen molar-refractivity contribution < 1.29 is 27.6 Å². The first kappa shape index (κ1) is 23.4. The zero-order valence-corrected chi connectivity index (χ0v) is 16.5. The number of hydrogen-bond donors (Lipinski definition) is 2. The second-order valence-corrected chi connectivity index (χ2v) is 7.21. The maximum atomic E-state index is 13.1. The van der Waals surface area contributed by atoms with Gasteiger partial charge in [-0.05, 0) is 47.5 Å². The topological polar surface area (TPSA) is 106 Å². The van der Waals surface area contributed by atoms with Gasteiger partial charge in [0, 0.05) is 24.3 Å². The van der Waals surface area contributed by atoms with Crippen molar-refractivity contribution in [3.63, 3.8) is 0 Å². The predicted molar refractivity (Wildman–Crippen MR) is 97.3 cm³/mol. The zero-order chi connectivity index (χ0) is 21.7. The molecule has 1 heterocycles. The second-order valence-electron chi connectivity index (χ2n) is 7.21. The third-order valence-corrected chi connectivity index (χ3v) is 3.68. The van der Waals surface area contributed by atoms with Crippen LogP contribution in [-0.2, 0) is 10.9 Å². The van der Waals surface area contributed by atoms with E-state index in [4.69, 9.17) is 4.74 Å². The molecule has 158 valence electrons. The van der Waals surface area contributed by atoms with Gasteiger partial charge in [0.1, 0.15) is 11.3 Å². The fourth-order valence-corrected chi connectivity index (χ4v) is 2.34. The van der Waals surface area contributed by atoms with Gasteiger partial charge in [0.25, 0.3) is 0 Å². The Balaban J connectivity index is 2.73. The van der Waals surface area contributed by atoms with E-state index in [1.165, 1.54) is 13.8 Å². The molecule has 2 N–H and O–H groups in total. The standard InChI is InChI=1S/C17H25F3N4O4/c1-10-11(2)23-14(17(18,19)20)13(24(26)27)12(10)21-8-6-7-9-22-15(25)28-16(3,4)5/h6-9H2,1-5H3,(H,21,23)(H,22,25). The van der Waals surface area contributed by atoms with E-state index in [0.29, 0.717) is 19.4 Å². The summed E-state index contributed by atoms with van der Waals surface area (Å²) in [5.74, 6) is 0. The number of unbranched alkanes of at least 4 members (excludes halogenated alkanes) is 1. The quantitative estimate of drug-likeness (QED) is 0.396. The van der Waals surface area contributed by atoms with Crippen LogP contribution in [-0.4, -0.2) is 34.7 Å². The maximum Gasteiger partial charge on any atom is 0.440 e. The Bertz CT molecular complexity index is 731. The van der Waals surface area contributed by atoms with Crippen molar-refractivity contribution in [1.82, 2.24) is 10.3 Å². The van der Waals surface area contributed by atoms with Crippen LogP contribution >= 0.6 is 0 Å². The Morgan fingerprint density at radius 3 is 2.25 bits per heavy atom. The molecule has 0 aliphatic heterocycles. The van der Waals surface area contributed by atoms with E-state index in [-0.39, 0.29) is 23.5 Å². The van der Waals surface area contributed by atoms with Gasteiger partial charge in [-0.2, -0.15) is 13.2 Å². The Morgan fingerprint density at radius 2 is 1.75 bits per heavy atom. The Hall–Kier alpha value is -2.59. The number of aromatic nitrogens is 1. The van der Waals surface area contributed by atoms with E-state index in [9.17, 15) is 28.1 Å². The van der Waals surface area contributed by atoms with E-state index >= 15 is 0 Å². The second kappa shape index (κ2) is 9.07. The number of aryl methyl sites for hydroxylation is 1.